The maximum absolute atomic E-state index is 12.1. The van der Waals surface area contributed by atoms with Crippen molar-refractivity contribution in [1.82, 2.24) is 4.72 Å². The van der Waals surface area contributed by atoms with E-state index in [2.05, 4.69) is 10.0 Å². The third-order valence-electron chi connectivity index (χ3n) is 3.37. The molecule has 2 rings (SSSR count). The second-order valence-electron chi connectivity index (χ2n) is 5.37. The fourth-order valence-electron chi connectivity index (χ4n) is 1.84. The quantitative estimate of drug-likeness (QED) is 0.630. The zero-order valence-corrected chi connectivity index (χ0v) is 14.5. The molecule has 1 aliphatic carbocycles. The van der Waals surface area contributed by atoms with Crippen LogP contribution in [0.1, 0.15) is 12.8 Å². The maximum Gasteiger partial charge on any atom is 0.243 e. The predicted molar refractivity (Wildman–Crippen MR) is 90.1 cm³/mol. The molecule has 7 nitrogen and oxygen atoms in total. The van der Waals surface area contributed by atoms with Gasteiger partial charge in [0.05, 0.1) is 11.5 Å². The van der Waals surface area contributed by atoms with Crippen LogP contribution in [0.2, 0.25) is 0 Å². The van der Waals surface area contributed by atoms with Crippen LogP contribution in [0.4, 0.5) is 5.69 Å². The summed E-state index contributed by atoms with van der Waals surface area (Å²) in [4.78, 5) is 11.9. The van der Waals surface area contributed by atoms with Crippen molar-refractivity contribution < 1.29 is 17.9 Å². The molecule has 9 heteroatoms. The van der Waals surface area contributed by atoms with Crippen LogP contribution in [-0.2, 0) is 19.6 Å². The number of hydrogen-bond acceptors (Lipinski definition) is 5. The van der Waals surface area contributed by atoms with Crippen LogP contribution in [0.3, 0.4) is 0 Å². The number of nitrogens with one attached hydrogen (secondary N) is 2. The van der Waals surface area contributed by atoms with Gasteiger partial charge >= 0.3 is 0 Å². The predicted octanol–water partition coefficient (Wildman–Crippen LogP) is 0.709. The number of rotatable bonds is 8. The maximum atomic E-state index is 12.1. The number of carbonyl (C=O) groups is 1. The molecule has 1 aromatic rings. The molecular formula is C14H22ClN3O4S. The summed E-state index contributed by atoms with van der Waals surface area (Å²) < 4.78 is 31.5. The molecule has 0 heterocycles. The van der Waals surface area contributed by atoms with Crippen molar-refractivity contribution in [3.8, 4) is 0 Å². The number of amides is 1. The topological polar surface area (TPSA) is 111 Å². The number of halogens is 1. The van der Waals surface area contributed by atoms with Gasteiger partial charge in [0, 0.05) is 19.3 Å². The molecule has 1 unspecified atom stereocenters. The Balaban J connectivity index is 0.00000264. The first kappa shape index (κ1) is 19.9. The molecule has 1 atom stereocenters. The molecule has 1 aromatic carbocycles. The van der Waals surface area contributed by atoms with E-state index in [0.717, 1.165) is 12.8 Å². The van der Waals surface area contributed by atoms with Crippen LogP contribution in [0.15, 0.2) is 29.2 Å². The first-order valence-corrected chi connectivity index (χ1v) is 8.56. The van der Waals surface area contributed by atoms with E-state index < -0.39 is 16.1 Å². The van der Waals surface area contributed by atoms with Crippen LogP contribution >= 0.6 is 12.4 Å². The Kier molecular flexibility index (Phi) is 7.43. The smallest absolute Gasteiger partial charge is 0.243 e. The lowest BCUT2D eigenvalue weighted by Gasteiger charge is -2.12. The average molecular weight is 364 g/mol. The molecule has 1 fully saturated rings. The lowest BCUT2D eigenvalue weighted by atomic mass is 10.2. The summed E-state index contributed by atoms with van der Waals surface area (Å²) in [7, 11) is -2.03. The van der Waals surface area contributed by atoms with E-state index in [4.69, 9.17) is 10.5 Å². The van der Waals surface area contributed by atoms with E-state index >= 15 is 0 Å². The number of sulfonamides is 1. The van der Waals surface area contributed by atoms with Gasteiger partial charge in [0.25, 0.3) is 0 Å². The Morgan fingerprint density at radius 3 is 2.48 bits per heavy atom. The summed E-state index contributed by atoms with van der Waals surface area (Å²) in [6, 6.07) is 5.19. The van der Waals surface area contributed by atoms with Gasteiger partial charge in [0.2, 0.25) is 15.9 Å². The fraction of sp³-hybridized carbons (Fsp3) is 0.500. The van der Waals surface area contributed by atoms with Gasteiger partial charge in [-0.05, 0) is 43.0 Å². The first-order valence-electron chi connectivity index (χ1n) is 7.07. The van der Waals surface area contributed by atoms with E-state index in [1.54, 1.807) is 0 Å². The monoisotopic (exact) mass is 363 g/mol. The zero-order chi connectivity index (χ0) is 16.2. The van der Waals surface area contributed by atoms with Gasteiger partial charge in [-0.1, -0.05) is 0 Å². The van der Waals surface area contributed by atoms with Crippen LogP contribution in [-0.4, -0.2) is 40.6 Å². The number of methoxy groups -OCH3 is 1. The summed E-state index contributed by atoms with van der Waals surface area (Å²) in [5, 5.41) is 2.61. The Morgan fingerprint density at radius 2 is 1.96 bits per heavy atom. The average Bonchev–Trinajstić information content (AvgIpc) is 3.30. The molecule has 0 radical (unpaired) electrons. The highest BCUT2D eigenvalue weighted by atomic mass is 35.5. The molecule has 1 saturated carbocycles. The number of anilines is 1. The highest BCUT2D eigenvalue weighted by molar-refractivity contribution is 7.89. The van der Waals surface area contributed by atoms with Crippen LogP contribution in [0.5, 0.6) is 0 Å². The lowest BCUT2D eigenvalue weighted by Crippen LogP contribution is -2.39. The second-order valence-corrected chi connectivity index (χ2v) is 7.14. The summed E-state index contributed by atoms with van der Waals surface area (Å²) in [6.07, 6.45) is 2.16. The van der Waals surface area contributed by atoms with Crippen LogP contribution in [0, 0.1) is 5.92 Å². The number of benzene rings is 1. The van der Waals surface area contributed by atoms with E-state index in [1.807, 2.05) is 0 Å². The van der Waals surface area contributed by atoms with E-state index in [9.17, 15) is 13.2 Å². The lowest BCUT2D eigenvalue weighted by molar-refractivity contribution is -0.118. The molecule has 0 aromatic heterocycles. The minimum Gasteiger partial charge on any atom is -0.383 e. The minimum atomic E-state index is -3.49. The van der Waals surface area contributed by atoms with Crippen molar-refractivity contribution in [1.29, 1.82) is 0 Å². The molecule has 1 aliphatic rings. The van der Waals surface area contributed by atoms with Gasteiger partial charge in [0.1, 0.15) is 6.04 Å². The van der Waals surface area contributed by atoms with Gasteiger partial charge < -0.3 is 15.8 Å². The Hall–Kier alpha value is -1.19. The van der Waals surface area contributed by atoms with Crippen molar-refractivity contribution in [2.75, 3.05) is 25.6 Å². The highest BCUT2D eigenvalue weighted by Gasteiger charge is 2.24. The van der Waals surface area contributed by atoms with Crippen LogP contribution in [0.25, 0.3) is 0 Å². The van der Waals surface area contributed by atoms with Crippen molar-refractivity contribution in [3.05, 3.63) is 24.3 Å². The van der Waals surface area contributed by atoms with Gasteiger partial charge in [-0.2, -0.15) is 0 Å². The Bertz CT molecular complexity index is 617. The van der Waals surface area contributed by atoms with E-state index in [0.29, 0.717) is 18.2 Å². The summed E-state index contributed by atoms with van der Waals surface area (Å²) >= 11 is 0. The van der Waals surface area contributed by atoms with Gasteiger partial charge in [0.15, 0.2) is 0 Å². The van der Waals surface area contributed by atoms with Crippen molar-refractivity contribution in [3.63, 3.8) is 0 Å². The molecule has 0 saturated heterocycles. The zero-order valence-electron chi connectivity index (χ0n) is 12.8. The third kappa shape index (κ3) is 6.08. The SMILES string of the molecule is COCC(N)C(=O)Nc1ccc(S(=O)(=O)NCC2CC2)cc1.Cl. The summed E-state index contributed by atoms with van der Waals surface area (Å²) in [6.45, 7) is 0.593. The standard InChI is InChI=1S/C14H21N3O4S.ClH/c1-21-9-13(15)14(18)17-11-4-6-12(7-5-11)22(19,20)16-8-10-2-3-10;/h4-7,10,13,16H,2-3,8-9,15H2,1H3,(H,17,18);1H. The van der Waals surface area contributed by atoms with Crippen molar-refractivity contribution in [2.24, 2.45) is 11.7 Å². The number of nitrogens with two attached hydrogens (primary N) is 1. The molecule has 130 valence electrons. The first-order chi connectivity index (χ1) is 10.4. The largest absolute Gasteiger partial charge is 0.383 e. The molecule has 4 N–H and O–H groups in total. The minimum absolute atomic E-state index is 0. The highest BCUT2D eigenvalue weighted by Crippen LogP contribution is 2.28. The Morgan fingerprint density at radius 1 is 1.35 bits per heavy atom. The molecule has 0 bridgehead atoms. The number of hydrogen-bond donors (Lipinski definition) is 3. The second kappa shape index (κ2) is 8.60. The molecular weight excluding hydrogens is 342 g/mol. The molecule has 1 amide bonds. The summed E-state index contributed by atoms with van der Waals surface area (Å²) in [5.41, 5.74) is 6.09. The van der Waals surface area contributed by atoms with Crippen LogP contribution < -0.4 is 15.8 Å². The fourth-order valence-corrected chi connectivity index (χ4v) is 2.96. The third-order valence-corrected chi connectivity index (χ3v) is 4.81. The number of carbonyl (C=O) groups excluding carboxylic acids is 1. The van der Waals surface area contributed by atoms with Gasteiger partial charge in [-0.3, -0.25) is 4.79 Å². The molecule has 23 heavy (non-hydrogen) atoms. The van der Waals surface area contributed by atoms with Gasteiger partial charge in [-0.15, -0.1) is 12.4 Å². The van der Waals surface area contributed by atoms with E-state index in [1.165, 1.54) is 31.4 Å². The van der Waals surface area contributed by atoms with E-state index in [-0.39, 0.29) is 29.8 Å². The molecule has 0 spiro atoms. The summed E-state index contributed by atoms with van der Waals surface area (Å²) in [5.74, 6) is 0.0833. The van der Waals surface area contributed by atoms with Crippen molar-refractivity contribution >= 4 is 34.0 Å². The normalized spacial score (nSPS) is 15.6. The van der Waals surface area contributed by atoms with Gasteiger partial charge in [-0.25, -0.2) is 13.1 Å². The molecule has 0 aliphatic heterocycles. The Labute approximate surface area is 142 Å². The number of ether oxygens (including phenoxy) is 1. The van der Waals surface area contributed by atoms with Crippen molar-refractivity contribution in [2.45, 2.75) is 23.8 Å².